The highest BCUT2D eigenvalue weighted by Crippen LogP contribution is 2.46. The molecule has 0 aliphatic heterocycles. The first-order chi connectivity index (χ1) is 22.9. The number of hydrogen-bond acceptors (Lipinski definition) is 7. The van der Waals surface area contributed by atoms with Crippen molar-refractivity contribution in [1.29, 1.82) is 0 Å². The van der Waals surface area contributed by atoms with Crippen LogP contribution in [0.1, 0.15) is 31.2 Å². The Hall–Kier alpha value is -4.91. The summed E-state index contributed by atoms with van der Waals surface area (Å²) in [6, 6.07) is 12.9. The lowest BCUT2D eigenvalue weighted by molar-refractivity contribution is -0.148. The second-order valence-corrected chi connectivity index (χ2v) is 14.3. The van der Waals surface area contributed by atoms with Crippen molar-refractivity contribution in [1.82, 2.24) is 13.9 Å². The van der Waals surface area contributed by atoms with Crippen LogP contribution in [0.15, 0.2) is 71.8 Å². The fourth-order valence-corrected chi connectivity index (χ4v) is 8.61. The number of methoxy groups -OCH3 is 1. The Bertz CT molecular complexity index is 2180. The molecule has 48 heavy (non-hydrogen) atoms. The molecule has 0 saturated heterocycles. The molecule has 5 aromatic rings. The van der Waals surface area contributed by atoms with Gasteiger partial charge in [0, 0.05) is 40.9 Å². The number of fused-ring (bicyclic) bond motifs is 4. The molecular weight excluding hydrogens is 645 g/mol. The van der Waals surface area contributed by atoms with Gasteiger partial charge in [0.15, 0.2) is 23.2 Å². The van der Waals surface area contributed by atoms with Crippen molar-refractivity contribution < 1.29 is 36.2 Å². The SMILES string of the molecule is COc1cc(-c2cc(NC3C4CCC(CC4)C3C(=O)O)nc(-c3cn(S(=O)(=O)c4ccc(C)cc4)c4c(F)cc(F)cc34)n2)ccc1F. The maximum Gasteiger partial charge on any atom is 0.308 e. The summed E-state index contributed by atoms with van der Waals surface area (Å²) in [4.78, 5) is 21.6. The summed E-state index contributed by atoms with van der Waals surface area (Å²) in [5.41, 5.74) is 1.10. The zero-order valence-corrected chi connectivity index (χ0v) is 26.8. The summed E-state index contributed by atoms with van der Waals surface area (Å²) in [5, 5.41) is 13.4. The van der Waals surface area contributed by atoms with E-state index in [1.807, 2.05) is 0 Å². The van der Waals surface area contributed by atoms with E-state index in [0.717, 1.165) is 47.5 Å². The van der Waals surface area contributed by atoms with Gasteiger partial charge in [-0.15, -0.1) is 0 Å². The van der Waals surface area contributed by atoms with E-state index in [4.69, 9.17) is 4.74 Å². The maximum atomic E-state index is 15.5. The maximum absolute atomic E-state index is 15.5. The Morgan fingerprint density at radius 3 is 2.33 bits per heavy atom. The third-order valence-corrected chi connectivity index (χ3v) is 11.3. The zero-order valence-electron chi connectivity index (χ0n) is 26.0. The first-order valence-electron chi connectivity index (χ1n) is 15.5. The Kier molecular flexibility index (Phi) is 7.89. The molecule has 2 heterocycles. The Morgan fingerprint density at radius 2 is 1.65 bits per heavy atom. The first-order valence-corrected chi connectivity index (χ1v) is 16.9. The second-order valence-electron chi connectivity index (χ2n) is 12.5. The summed E-state index contributed by atoms with van der Waals surface area (Å²) < 4.78 is 78.4. The van der Waals surface area contributed by atoms with Gasteiger partial charge in [-0.1, -0.05) is 17.7 Å². The number of carbonyl (C=O) groups is 1. The van der Waals surface area contributed by atoms with Crippen LogP contribution in [-0.4, -0.2) is 46.6 Å². The van der Waals surface area contributed by atoms with E-state index in [9.17, 15) is 27.1 Å². The topological polar surface area (TPSA) is 123 Å². The number of halogens is 3. The molecule has 8 rings (SSSR count). The van der Waals surface area contributed by atoms with Crippen molar-refractivity contribution in [3.8, 4) is 28.4 Å². The molecule has 3 aromatic carbocycles. The summed E-state index contributed by atoms with van der Waals surface area (Å²) in [6.45, 7) is 1.80. The molecule has 0 spiro atoms. The van der Waals surface area contributed by atoms with Crippen LogP contribution in [-0.2, 0) is 14.8 Å². The number of hydrogen-bond donors (Lipinski definition) is 2. The average Bonchev–Trinajstić information content (AvgIpc) is 3.46. The van der Waals surface area contributed by atoms with Gasteiger partial charge < -0.3 is 15.2 Å². The highest BCUT2D eigenvalue weighted by molar-refractivity contribution is 7.90. The molecule has 0 amide bonds. The largest absolute Gasteiger partial charge is 0.494 e. The van der Waals surface area contributed by atoms with Gasteiger partial charge in [0.1, 0.15) is 17.2 Å². The van der Waals surface area contributed by atoms with Crippen LogP contribution in [0.4, 0.5) is 19.0 Å². The summed E-state index contributed by atoms with van der Waals surface area (Å²) in [7, 11) is -3.06. The van der Waals surface area contributed by atoms with E-state index in [1.165, 1.54) is 37.4 Å². The highest BCUT2D eigenvalue weighted by Gasteiger charge is 2.47. The lowest BCUT2D eigenvalue weighted by Gasteiger charge is -2.47. The van der Waals surface area contributed by atoms with E-state index >= 15 is 4.39 Å². The molecule has 3 aliphatic carbocycles. The number of nitrogens with zero attached hydrogens (tertiary/aromatic N) is 3. The quantitative estimate of drug-likeness (QED) is 0.180. The summed E-state index contributed by atoms with van der Waals surface area (Å²) in [6.07, 6.45) is 4.51. The molecule has 3 aliphatic rings. The van der Waals surface area contributed by atoms with Crippen molar-refractivity contribution in [2.24, 2.45) is 17.8 Å². The van der Waals surface area contributed by atoms with E-state index < -0.39 is 50.9 Å². The molecule has 9 nitrogen and oxygen atoms in total. The average molecular weight is 677 g/mol. The van der Waals surface area contributed by atoms with Gasteiger partial charge in [-0.05, 0) is 80.8 Å². The van der Waals surface area contributed by atoms with Gasteiger partial charge in [-0.2, -0.15) is 0 Å². The number of aromatic nitrogens is 3. The summed E-state index contributed by atoms with van der Waals surface area (Å²) in [5.74, 6) is -4.05. The standard InChI is InChI=1S/C35H31F3N4O5S/c1-18-3-10-23(11-4-18)48(45,46)42-17-25(24-14-22(36)15-27(38)33(24)42)34-39-28(21-9-12-26(37)29(13-21)47-2)16-30(41-34)40-32-20-7-5-19(6-8-20)31(32)35(43)44/h3-4,9-17,19-20,31-32H,5-8H2,1-2H3,(H,43,44)(H,39,40,41). The highest BCUT2D eigenvalue weighted by atomic mass is 32.2. The molecule has 13 heteroatoms. The number of carboxylic acid groups (broad SMARTS) is 1. The minimum absolute atomic E-state index is 0.00282. The Balaban J connectivity index is 1.44. The number of anilines is 1. The lowest BCUT2D eigenvalue weighted by Crippen LogP contribution is -2.51. The minimum atomic E-state index is -4.38. The second kappa shape index (κ2) is 12.0. The van der Waals surface area contributed by atoms with E-state index in [2.05, 4.69) is 15.3 Å². The van der Waals surface area contributed by atoms with Gasteiger partial charge in [-0.3, -0.25) is 4.79 Å². The zero-order chi connectivity index (χ0) is 33.9. The first kappa shape index (κ1) is 31.7. The van der Waals surface area contributed by atoms with Crippen molar-refractivity contribution in [3.63, 3.8) is 0 Å². The van der Waals surface area contributed by atoms with Crippen LogP contribution in [0.5, 0.6) is 5.75 Å². The van der Waals surface area contributed by atoms with Gasteiger partial charge in [0.2, 0.25) is 0 Å². The Morgan fingerprint density at radius 1 is 0.938 bits per heavy atom. The van der Waals surface area contributed by atoms with E-state index in [1.54, 1.807) is 25.1 Å². The molecule has 2 aromatic heterocycles. The number of rotatable bonds is 8. The number of aliphatic carboxylic acids is 1. The smallest absolute Gasteiger partial charge is 0.308 e. The fourth-order valence-electron chi connectivity index (χ4n) is 7.23. The molecule has 0 radical (unpaired) electrons. The predicted octanol–water partition coefficient (Wildman–Crippen LogP) is 7.04. The van der Waals surface area contributed by atoms with Crippen LogP contribution >= 0.6 is 0 Å². The number of carboxylic acids is 1. The molecule has 2 N–H and O–H groups in total. The van der Waals surface area contributed by atoms with Crippen molar-refractivity contribution >= 4 is 32.7 Å². The van der Waals surface area contributed by atoms with Crippen molar-refractivity contribution in [2.75, 3.05) is 12.4 Å². The van der Waals surface area contributed by atoms with Crippen LogP contribution in [0.2, 0.25) is 0 Å². The van der Waals surface area contributed by atoms with Gasteiger partial charge in [-0.25, -0.2) is 35.5 Å². The van der Waals surface area contributed by atoms with Gasteiger partial charge >= 0.3 is 5.97 Å². The number of benzene rings is 3. The monoisotopic (exact) mass is 676 g/mol. The Labute approximate surface area is 274 Å². The predicted molar refractivity (Wildman–Crippen MR) is 173 cm³/mol. The van der Waals surface area contributed by atoms with Crippen LogP contribution in [0.3, 0.4) is 0 Å². The van der Waals surface area contributed by atoms with Gasteiger partial charge in [0.25, 0.3) is 10.0 Å². The number of aryl methyl sites for hydroxylation is 1. The van der Waals surface area contributed by atoms with E-state index in [0.29, 0.717) is 11.6 Å². The van der Waals surface area contributed by atoms with Crippen LogP contribution in [0.25, 0.3) is 33.5 Å². The molecule has 248 valence electrons. The molecule has 2 atom stereocenters. The molecule has 3 fully saturated rings. The third-order valence-electron chi connectivity index (χ3n) is 9.60. The van der Waals surface area contributed by atoms with Crippen LogP contribution in [0, 0.1) is 42.1 Å². The molecule has 2 bridgehead atoms. The molecule has 2 unspecified atom stereocenters. The fraction of sp³-hybridized carbons (Fsp3) is 0.286. The van der Waals surface area contributed by atoms with E-state index in [-0.39, 0.29) is 50.8 Å². The molecule has 3 saturated carbocycles. The number of ether oxygens (including phenoxy) is 1. The van der Waals surface area contributed by atoms with Crippen LogP contribution < -0.4 is 10.1 Å². The lowest BCUT2D eigenvalue weighted by atomic mass is 9.61. The molecular formula is C35H31F3N4O5S. The minimum Gasteiger partial charge on any atom is -0.494 e. The van der Waals surface area contributed by atoms with Gasteiger partial charge in [0.05, 0.1) is 23.6 Å². The summed E-state index contributed by atoms with van der Waals surface area (Å²) >= 11 is 0. The van der Waals surface area contributed by atoms with Crippen molar-refractivity contribution in [2.45, 2.75) is 43.5 Å². The third kappa shape index (κ3) is 5.45. The number of nitrogens with one attached hydrogen (secondary N) is 1. The van der Waals surface area contributed by atoms with Crippen molar-refractivity contribution in [3.05, 3.63) is 89.9 Å². The normalized spacial score (nSPS) is 20.6.